The first kappa shape index (κ1) is 14.2. The van der Waals surface area contributed by atoms with Crippen molar-refractivity contribution >= 4 is 0 Å². The van der Waals surface area contributed by atoms with Crippen LogP contribution < -0.4 is 0 Å². The normalized spacial score (nSPS) is 21.6. The molecule has 0 aromatic heterocycles. The molecule has 0 saturated heterocycles. The summed E-state index contributed by atoms with van der Waals surface area (Å²) in [5.74, 6) is 0.613. The van der Waals surface area contributed by atoms with E-state index in [-0.39, 0.29) is 0 Å². The molecule has 1 aliphatic rings. The summed E-state index contributed by atoms with van der Waals surface area (Å²) >= 11 is 0. The molecule has 0 aliphatic heterocycles. The van der Waals surface area contributed by atoms with E-state index in [9.17, 15) is 0 Å². The first-order valence-electron chi connectivity index (χ1n) is 6.28. The molecule has 96 valence electrons. The van der Waals surface area contributed by atoms with E-state index in [0.29, 0.717) is 5.92 Å². The minimum atomic E-state index is -0.608. The lowest BCUT2D eigenvalue weighted by atomic mass is 9.84. The molecule has 0 saturated carbocycles. The first-order chi connectivity index (χ1) is 7.94. The fraction of sp³-hybridized carbons (Fsp3) is 0.600. The Labute approximate surface area is 105 Å². The van der Waals surface area contributed by atoms with Crippen LogP contribution in [0.25, 0.3) is 0 Å². The zero-order valence-corrected chi connectivity index (χ0v) is 11.2. The minimum Gasteiger partial charge on any atom is -0.251 e. The van der Waals surface area contributed by atoms with E-state index >= 15 is 0 Å². The Morgan fingerprint density at radius 3 is 2.88 bits per heavy atom. The summed E-state index contributed by atoms with van der Waals surface area (Å²) < 4.78 is 0. The van der Waals surface area contributed by atoms with Crippen molar-refractivity contribution < 1.29 is 10.1 Å². The summed E-state index contributed by atoms with van der Waals surface area (Å²) in [5.41, 5.74) is 2.17. The average Bonchev–Trinajstić information content (AvgIpc) is 2.29. The monoisotopic (exact) mass is 236 g/mol. The van der Waals surface area contributed by atoms with Crippen molar-refractivity contribution in [1.29, 1.82) is 0 Å². The Bertz CT molecular complexity index is 324. The molecule has 1 rings (SSSR count). The van der Waals surface area contributed by atoms with Gasteiger partial charge >= 0.3 is 0 Å². The average molecular weight is 236 g/mol. The van der Waals surface area contributed by atoms with Gasteiger partial charge in [0.2, 0.25) is 0 Å². The molecule has 0 fully saturated rings. The number of allylic oxidation sites excluding steroid dienone is 4. The zero-order valence-electron chi connectivity index (χ0n) is 11.2. The van der Waals surface area contributed by atoms with Crippen LogP contribution >= 0.6 is 0 Å². The molecule has 1 N–H and O–H groups in total. The molecule has 2 nitrogen and oxygen atoms in total. The quantitative estimate of drug-likeness (QED) is 0.432. The summed E-state index contributed by atoms with van der Waals surface area (Å²) in [7, 11) is 0. The van der Waals surface area contributed by atoms with Crippen molar-refractivity contribution in [3.8, 4) is 0 Å². The van der Waals surface area contributed by atoms with Crippen LogP contribution in [0.3, 0.4) is 0 Å². The smallest absolute Gasteiger partial charge is 0.116 e. The molecule has 17 heavy (non-hydrogen) atoms. The van der Waals surface area contributed by atoms with Gasteiger partial charge in [-0.05, 0) is 52.4 Å². The van der Waals surface area contributed by atoms with Gasteiger partial charge in [-0.25, -0.2) is 4.89 Å². The van der Waals surface area contributed by atoms with Crippen LogP contribution in [0.1, 0.15) is 46.5 Å². The summed E-state index contributed by atoms with van der Waals surface area (Å²) in [6, 6.07) is 0. The third-order valence-electron chi connectivity index (χ3n) is 3.35. The third-order valence-corrected chi connectivity index (χ3v) is 3.35. The second-order valence-electron chi connectivity index (χ2n) is 5.48. The Morgan fingerprint density at radius 2 is 2.35 bits per heavy atom. The van der Waals surface area contributed by atoms with Crippen LogP contribution in [0.4, 0.5) is 0 Å². The lowest BCUT2D eigenvalue weighted by molar-refractivity contribution is -0.297. The van der Waals surface area contributed by atoms with E-state index in [1.165, 1.54) is 24.0 Å². The van der Waals surface area contributed by atoms with Gasteiger partial charge < -0.3 is 0 Å². The molecule has 0 heterocycles. The van der Waals surface area contributed by atoms with Gasteiger partial charge in [-0.2, -0.15) is 0 Å². The van der Waals surface area contributed by atoms with Gasteiger partial charge in [0, 0.05) is 0 Å². The molecule has 1 atom stereocenters. The van der Waals surface area contributed by atoms with Gasteiger partial charge in [-0.15, -0.1) is 0 Å². The van der Waals surface area contributed by atoms with Crippen molar-refractivity contribution in [2.75, 3.05) is 0 Å². The van der Waals surface area contributed by atoms with Crippen molar-refractivity contribution in [3.63, 3.8) is 0 Å². The predicted molar refractivity (Wildman–Crippen MR) is 71.8 cm³/mol. The maximum Gasteiger partial charge on any atom is 0.116 e. The fourth-order valence-electron chi connectivity index (χ4n) is 2.03. The topological polar surface area (TPSA) is 29.5 Å². The van der Waals surface area contributed by atoms with Gasteiger partial charge in [-0.3, -0.25) is 5.26 Å². The Hall–Kier alpha value is -0.860. The standard InChI is InChI=1S/C15H24O2/c1-12-7-9-14(10-8-12)13(2)6-5-11-15(3,4)17-16/h5,7,11,14,16H,2,6,8-10H2,1,3-4H3. The molecule has 1 unspecified atom stereocenters. The number of hydrogen-bond donors (Lipinski definition) is 1. The van der Waals surface area contributed by atoms with Crippen molar-refractivity contribution in [3.05, 3.63) is 36.0 Å². The van der Waals surface area contributed by atoms with Crippen LogP contribution in [0.15, 0.2) is 36.0 Å². The van der Waals surface area contributed by atoms with E-state index in [1.807, 2.05) is 26.0 Å². The predicted octanol–water partition coefficient (Wildman–Crippen LogP) is 4.50. The molecule has 1 aliphatic carbocycles. The molecule has 0 amide bonds. The molecule has 2 heteroatoms. The van der Waals surface area contributed by atoms with Gasteiger partial charge in [0.1, 0.15) is 5.60 Å². The Balaban J connectivity index is 2.41. The SMILES string of the molecule is C=C(CC=CC(C)(C)OO)C1CC=C(C)CC1. The first-order valence-corrected chi connectivity index (χ1v) is 6.28. The lowest BCUT2D eigenvalue weighted by Gasteiger charge is -2.22. The van der Waals surface area contributed by atoms with E-state index in [1.54, 1.807) is 0 Å². The molecule has 0 bridgehead atoms. The fourth-order valence-corrected chi connectivity index (χ4v) is 2.03. The highest BCUT2D eigenvalue weighted by Crippen LogP contribution is 2.30. The highest BCUT2D eigenvalue weighted by atomic mass is 17.1. The molecular weight excluding hydrogens is 212 g/mol. The zero-order chi connectivity index (χ0) is 12.9. The van der Waals surface area contributed by atoms with E-state index in [4.69, 9.17) is 5.26 Å². The second-order valence-corrected chi connectivity index (χ2v) is 5.48. The van der Waals surface area contributed by atoms with Gasteiger partial charge in [0.15, 0.2) is 0 Å². The second kappa shape index (κ2) is 6.18. The van der Waals surface area contributed by atoms with Gasteiger partial charge in [0.25, 0.3) is 0 Å². The van der Waals surface area contributed by atoms with Crippen LogP contribution in [-0.2, 0) is 4.89 Å². The van der Waals surface area contributed by atoms with Crippen molar-refractivity contribution in [2.24, 2.45) is 5.92 Å². The highest BCUT2D eigenvalue weighted by molar-refractivity contribution is 5.14. The van der Waals surface area contributed by atoms with Crippen molar-refractivity contribution in [1.82, 2.24) is 0 Å². The lowest BCUT2D eigenvalue weighted by Crippen LogP contribution is -2.18. The van der Waals surface area contributed by atoms with Crippen molar-refractivity contribution in [2.45, 2.75) is 52.1 Å². The summed E-state index contributed by atoms with van der Waals surface area (Å²) in [4.78, 5) is 4.35. The molecule has 0 aromatic carbocycles. The maximum atomic E-state index is 8.66. The molecule has 0 aromatic rings. The highest BCUT2D eigenvalue weighted by Gasteiger charge is 2.16. The van der Waals surface area contributed by atoms with Crippen LogP contribution in [0.2, 0.25) is 0 Å². The summed E-state index contributed by atoms with van der Waals surface area (Å²) in [6.45, 7) is 10.00. The molecular formula is C15H24O2. The summed E-state index contributed by atoms with van der Waals surface area (Å²) in [6.07, 6.45) is 10.6. The molecule has 0 radical (unpaired) electrons. The Morgan fingerprint density at radius 1 is 1.65 bits per heavy atom. The van der Waals surface area contributed by atoms with E-state index < -0.39 is 5.60 Å². The number of hydrogen-bond acceptors (Lipinski definition) is 2. The van der Waals surface area contributed by atoms with E-state index in [2.05, 4.69) is 24.5 Å². The third kappa shape index (κ3) is 4.88. The van der Waals surface area contributed by atoms with Crippen LogP contribution in [0, 0.1) is 5.92 Å². The van der Waals surface area contributed by atoms with E-state index in [0.717, 1.165) is 12.8 Å². The number of rotatable bonds is 5. The van der Waals surface area contributed by atoms with Crippen LogP contribution in [-0.4, -0.2) is 10.9 Å². The Kier molecular flexibility index (Phi) is 5.16. The van der Waals surface area contributed by atoms with Gasteiger partial charge in [-0.1, -0.05) is 36.0 Å². The van der Waals surface area contributed by atoms with Crippen LogP contribution in [0.5, 0.6) is 0 Å². The van der Waals surface area contributed by atoms with Gasteiger partial charge in [0.05, 0.1) is 0 Å². The summed E-state index contributed by atoms with van der Waals surface area (Å²) in [5, 5.41) is 8.66. The largest absolute Gasteiger partial charge is 0.251 e. The maximum absolute atomic E-state index is 8.66. The minimum absolute atomic E-state index is 0.608. The molecule has 0 spiro atoms.